The minimum atomic E-state index is -0.414. The summed E-state index contributed by atoms with van der Waals surface area (Å²) in [5.41, 5.74) is 4.25. The molecule has 0 atom stereocenters. The van der Waals surface area contributed by atoms with E-state index in [4.69, 9.17) is 23.2 Å². The van der Waals surface area contributed by atoms with E-state index in [0.717, 1.165) is 11.1 Å². The van der Waals surface area contributed by atoms with Crippen LogP contribution in [-0.2, 0) is 9.59 Å². The van der Waals surface area contributed by atoms with Crippen LogP contribution in [0.1, 0.15) is 16.7 Å². The largest absolute Gasteiger partial charge is 0.350 e. The second-order valence-corrected chi connectivity index (χ2v) is 8.00. The first-order chi connectivity index (χ1) is 14.3. The van der Waals surface area contributed by atoms with E-state index in [9.17, 15) is 9.59 Å². The third-order valence-corrected chi connectivity index (χ3v) is 5.44. The van der Waals surface area contributed by atoms with Crippen molar-refractivity contribution in [1.29, 1.82) is 0 Å². The highest BCUT2D eigenvalue weighted by Gasteiger charge is 2.40. The molecular formula is C24H18Cl2N2O2. The second-order valence-electron chi connectivity index (χ2n) is 7.12. The van der Waals surface area contributed by atoms with Crippen LogP contribution >= 0.6 is 23.2 Å². The van der Waals surface area contributed by atoms with Gasteiger partial charge in [0, 0.05) is 15.7 Å². The van der Waals surface area contributed by atoms with Gasteiger partial charge < -0.3 is 5.32 Å². The van der Waals surface area contributed by atoms with Gasteiger partial charge in [0.1, 0.15) is 5.70 Å². The maximum Gasteiger partial charge on any atom is 0.282 e. The number of nitrogens with one attached hydrogen (secondary N) is 1. The van der Waals surface area contributed by atoms with Gasteiger partial charge in [-0.15, -0.1) is 0 Å². The molecule has 0 saturated heterocycles. The summed E-state index contributed by atoms with van der Waals surface area (Å²) < 4.78 is 0. The normalized spacial score (nSPS) is 13.9. The molecule has 6 heteroatoms. The van der Waals surface area contributed by atoms with Crippen molar-refractivity contribution in [3.8, 4) is 0 Å². The van der Waals surface area contributed by atoms with Crippen LogP contribution in [0.5, 0.6) is 0 Å². The Labute approximate surface area is 184 Å². The number of imide groups is 1. The first-order valence-corrected chi connectivity index (χ1v) is 10.1. The molecule has 0 spiro atoms. The molecule has 0 saturated carbocycles. The Balaban J connectivity index is 1.83. The monoisotopic (exact) mass is 436 g/mol. The third-order valence-electron chi connectivity index (χ3n) is 4.96. The van der Waals surface area contributed by atoms with Gasteiger partial charge in [0.15, 0.2) is 0 Å². The summed E-state index contributed by atoms with van der Waals surface area (Å²) in [6.45, 7) is 3.83. The molecule has 2 amide bonds. The van der Waals surface area contributed by atoms with Crippen LogP contribution in [0.15, 0.2) is 72.4 Å². The topological polar surface area (TPSA) is 49.4 Å². The number of hydrogen-bond acceptors (Lipinski definition) is 3. The first-order valence-electron chi connectivity index (χ1n) is 9.34. The number of amides is 2. The summed E-state index contributed by atoms with van der Waals surface area (Å²) in [6.07, 6.45) is 0. The SMILES string of the molecule is Cc1ccc(N2C(=O)C(Nc3ccc(Cl)cc3C)=C(c3ccc(Cl)cc3)C2=O)cc1. The highest BCUT2D eigenvalue weighted by Crippen LogP contribution is 2.35. The predicted octanol–water partition coefficient (Wildman–Crippen LogP) is 6.01. The maximum atomic E-state index is 13.4. The fourth-order valence-electron chi connectivity index (χ4n) is 3.36. The van der Waals surface area contributed by atoms with Gasteiger partial charge in [-0.1, -0.05) is 53.0 Å². The molecule has 1 aliphatic rings. The molecule has 0 aromatic heterocycles. The summed E-state index contributed by atoms with van der Waals surface area (Å²) in [6, 6.07) is 19.4. The van der Waals surface area contributed by atoms with Gasteiger partial charge in [0.25, 0.3) is 11.8 Å². The molecule has 0 bridgehead atoms. The highest BCUT2D eigenvalue weighted by molar-refractivity contribution is 6.46. The number of anilines is 2. The standard InChI is InChI=1S/C24H18Cl2N2O2/c1-14-3-10-19(11-4-14)28-23(29)21(16-5-7-17(25)8-6-16)22(24(28)30)27-20-12-9-18(26)13-15(20)2/h3-13,27H,1-2H3. The lowest BCUT2D eigenvalue weighted by Crippen LogP contribution is -2.32. The van der Waals surface area contributed by atoms with Crippen LogP contribution in [0.25, 0.3) is 5.57 Å². The number of carbonyl (C=O) groups excluding carboxylic acids is 2. The molecule has 3 aromatic carbocycles. The average Bonchev–Trinajstić information content (AvgIpc) is 2.95. The molecule has 150 valence electrons. The number of halogens is 2. The summed E-state index contributed by atoms with van der Waals surface area (Å²) in [4.78, 5) is 27.9. The molecule has 0 unspecified atom stereocenters. The molecule has 1 N–H and O–H groups in total. The Morgan fingerprint density at radius 1 is 0.767 bits per heavy atom. The molecule has 0 fully saturated rings. The van der Waals surface area contributed by atoms with Gasteiger partial charge >= 0.3 is 0 Å². The van der Waals surface area contributed by atoms with Crippen LogP contribution in [-0.4, -0.2) is 11.8 Å². The number of benzene rings is 3. The predicted molar refractivity (Wildman–Crippen MR) is 122 cm³/mol. The van der Waals surface area contributed by atoms with E-state index in [1.807, 2.05) is 26.0 Å². The Kier molecular flexibility index (Phi) is 5.37. The van der Waals surface area contributed by atoms with E-state index in [-0.39, 0.29) is 11.6 Å². The van der Waals surface area contributed by atoms with E-state index < -0.39 is 5.91 Å². The zero-order valence-corrected chi connectivity index (χ0v) is 17.9. The van der Waals surface area contributed by atoms with Crippen molar-refractivity contribution in [2.75, 3.05) is 10.2 Å². The third kappa shape index (κ3) is 3.72. The van der Waals surface area contributed by atoms with Crippen molar-refractivity contribution in [3.63, 3.8) is 0 Å². The van der Waals surface area contributed by atoms with Gasteiger partial charge in [-0.05, 0) is 67.4 Å². The molecule has 0 radical (unpaired) electrons. The van der Waals surface area contributed by atoms with Gasteiger partial charge in [-0.2, -0.15) is 0 Å². The average molecular weight is 437 g/mol. The van der Waals surface area contributed by atoms with Crippen LogP contribution in [0, 0.1) is 13.8 Å². The van der Waals surface area contributed by atoms with Crippen LogP contribution in [0.4, 0.5) is 11.4 Å². The lowest BCUT2D eigenvalue weighted by Gasteiger charge is -2.16. The molecule has 4 rings (SSSR count). The van der Waals surface area contributed by atoms with Crippen molar-refractivity contribution in [2.24, 2.45) is 0 Å². The molecular weight excluding hydrogens is 419 g/mol. The molecule has 1 aliphatic heterocycles. The summed E-state index contributed by atoms with van der Waals surface area (Å²) >= 11 is 12.1. The molecule has 30 heavy (non-hydrogen) atoms. The Bertz CT molecular complexity index is 1180. The number of hydrogen-bond donors (Lipinski definition) is 1. The number of aryl methyl sites for hydroxylation is 2. The molecule has 3 aromatic rings. The first kappa shape index (κ1) is 20.2. The van der Waals surface area contributed by atoms with Crippen molar-refractivity contribution in [3.05, 3.63) is 99.2 Å². The highest BCUT2D eigenvalue weighted by atomic mass is 35.5. The van der Waals surface area contributed by atoms with E-state index in [0.29, 0.717) is 32.6 Å². The Morgan fingerprint density at radius 3 is 2.03 bits per heavy atom. The quantitative estimate of drug-likeness (QED) is 0.509. The molecule has 1 heterocycles. The van der Waals surface area contributed by atoms with E-state index in [1.54, 1.807) is 54.6 Å². The minimum Gasteiger partial charge on any atom is -0.350 e. The zero-order chi connectivity index (χ0) is 21.4. The summed E-state index contributed by atoms with van der Waals surface area (Å²) in [7, 11) is 0. The smallest absolute Gasteiger partial charge is 0.282 e. The van der Waals surface area contributed by atoms with Crippen LogP contribution in [0.2, 0.25) is 10.0 Å². The minimum absolute atomic E-state index is 0.216. The summed E-state index contributed by atoms with van der Waals surface area (Å²) in [5.74, 6) is -0.802. The van der Waals surface area contributed by atoms with Crippen LogP contribution in [0.3, 0.4) is 0 Å². The van der Waals surface area contributed by atoms with E-state index >= 15 is 0 Å². The van der Waals surface area contributed by atoms with Gasteiger partial charge in [-0.25, -0.2) is 4.90 Å². The second kappa shape index (κ2) is 7.98. The van der Waals surface area contributed by atoms with Crippen molar-refractivity contribution in [1.82, 2.24) is 0 Å². The van der Waals surface area contributed by atoms with Crippen molar-refractivity contribution >= 4 is 52.0 Å². The zero-order valence-electron chi connectivity index (χ0n) is 16.4. The van der Waals surface area contributed by atoms with Gasteiger partial charge in [0.05, 0.1) is 11.3 Å². The lowest BCUT2D eigenvalue weighted by molar-refractivity contribution is -0.120. The number of carbonyl (C=O) groups is 2. The fraction of sp³-hybridized carbons (Fsp3) is 0.0833. The van der Waals surface area contributed by atoms with Crippen molar-refractivity contribution in [2.45, 2.75) is 13.8 Å². The Hall–Kier alpha value is -3.08. The number of nitrogens with zero attached hydrogens (tertiary/aromatic N) is 1. The van der Waals surface area contributed by atoms with Gasteiger partial charge in [-0.3, -0.25) is 9.59 Å². The fourth-order valence-corrected chi connectivity index (χ4v) is 3.71. The molecule has 0 aliphatic carbocycles. The van der Waals surface area contributed by atoms with Crippen molar-refractivity contribution < 1.29 is 9.59 Å². The van der Waals surface area contributed by atoms with E-state index in [2.05, 4.69) is 5.32 Å². The Morgan fingerprint density at radius 2 is 1.40 bits per heavy atom. The van der Waals surface area contributed by atoms with Crippen LogP contribution < -0.4 is 10.2 Å². The van der Waals surface area contributed by atoms with Gasteiger partial charge in [0.2, 0.25) is 0 Å². The van der Waals surface area contributed by atoms with E-state index in [1.165, 1.54) is 4.90 Å². The molecule has 4 nitrogen and oxygen atoms in total. The lowest BCUT2D eigenvalue weighted by atomic mass is 10.0. The maximum absolute atomic E-state index is 13.4. The summed E-state index contributed by atoms with van der Waals surface area (Å²) in [5, 5.41) is 4.31. The number of rotatable bonds is 4.